The molecular weight excluding hydrogens is 607 g/mol. The van der Waals surface area contributed by atoms with Gasteiger partial charge in [-0.2, -0.15) is 8.78 Å². The zero-order chi connectivity index (χ0) is 32.5. The second-order valence-electron chi connectivity index (χ2n) is 12.1. The van der Waals surface area contributed by atoms with Crippen LogP contribution >= 0.6 is 0 Å². The van der Waals surface area contributed by atoms with Gasteiger partial charge in [-0.1, -0.05) is 31.2 Å². The molecule has 10 heteroatoms. The van der Waals surface area contributed by atoms with Gasteiger partial charge in [-0.15, -0.1) is 0 Å². The lowest BCUT2D eigenvalue weighted by Gasteiger charge is -2.33. The first-order valence-corrected chi connectivity index (χ1v) is 15.2. The van der Waals surface area contributed by atoms with E-state index in [-0.39, 0.29) is 60.6 Å². The number of ether oxygens (including phenoxy) is 1. The third-order valence-corrected chi connectivity index (χ3v) is 9.31. The third-order valence-electron chi connectivity index (χ3n) is 9.31. The monoisotopic (exact) mass is 640 g/mol. The van der Waals surface area contributed by atoms with Gasteiger partial charge in [0.15, 0.2) is 23.3 Å². The molecule has 5 rings (SSSR count). The minimum Gasteiger partial charge on any atom is -0.432 e. The standard InChI is InChI=1S/C35H33F9O/c1-2-27(36)33(41)23-9-5-19(6-10-23)20-11-13-25(14-12-20)35(43,44)45-26-17-28(37)32(29(38)18-26)22-7-3-21(4-8-22)24-15-30(39)34(42)31(40)16-24/h5-6,9-10,15-18,20-22,25H,2-4,7-8,11-14H2,1H3/b33-27+. The highest BCUT2D eigenvalue weighted by Crippen LogP contribution is 2.46. The maximum absolute atomic E-state index is 15.2. The van der Waals surface area contributed by atoms with Gasteiger partial charge in [0.05, 0.1) is 5.92 Å². The van der Waals surface area contributed by atoms with Crippen molar-refractivity contribution in [1.82, 2.24) is 0 Å². The van der Waals surface area contributed by atoms with Crippen molar-refractivity contribution in [1.29, 1.82) is 0 Å². The van der Waals surface area contributed by atoms with Gasteiger partial charge < -0.3 is 4.74 Å². The molecule has 0 radical (unpaired) electrons. The summed E-state index contributed by atoms with van der Waals surface area (Å²) in [6.45, 7) is 1.51. The third kappa shape index (κ3) is 7.20. The maximum atomic E-state index is 15.2. The predicted octanol–water partition coefficient (Wildman–Crippen LogP) is 11.8. The molecule has 0 amide bonds. The maximum Gasteiger partial charge on any atom is 0.400 e. The second kappa shape index (κ2) is 13.5. The summed E-state index contributed by atoms with van der Waals surface area (Å²) in [7, 11) is 0. The van der Waals surface area contributed by atoms with Crippen LogP contribution in [-0.4, -0.2) is 6.11 Å². The van der Waals surface area contributed by atoms with Crippen LogP contribution in [0.4, 0.5) is 39.5 Å². The average molecular weight is 641 g/mol. The Balaban J connectivity index is 1.18. The summed E-state index contributed by atoms with van der Waals surface area (Å²) in [5.41, 5.74) is 0.968. The Hall–Kier alpha value is -3.43. The Morgan fingerprint density at radius 3 is 1.69 bits per heavy atom. The number of hydrogen-bond donors (Lipinski definition) is 0. The Bertz CT molecular complexity index is 1490. The molecule has 2 aliphatic carbocycles. The number of rotatable bonds is 8. The van der Waals surface area contributed by atoms with Crippen LogP contribution in [0.5, 0.6) is 5.75 Å². The highest BCUT2D eigenvalue weighted by Gasteiger charge is 2.44. The molecule has 0 bridgehead atoms. The van der Waals surface area contributed by atoms with Crippen molar-refractivity contribution in [2.45, 2.75) is 88.6 Å². The van der Waals surface area contributed by atoms with Gasteiger partial charge in [0.25, 0.3) is 0 Å². The highest BCUT2D eigenvalue weighted by molar-refractivity contribution is 5.61. The summed E-state index contributed by atoms with van der Waals surface area (Å²) >= 11 is 0. The lowest BCUT2D eigenvalue weighted by molar-refractivity contribution is -0.222. The van der Waals surface area contributed by atoms with Crippen molar-refractivity contribution in [2.75, 3.05) is 0 Å². The van der Waals surface area contributed by atoms with Crippen LogP contribution in [0.25, 0.3) is 5.83 Å². The molecule has 0 aliphatic heterocycles. The minimum atomic E-state index is -3.68. The van der Waals surface area contributed by atoms with E-state index in [4.69, 9.17) is 4.74 Å². The van der Waals surface area contributed by atoms with Crippen LogP contribution in [0, 0.1) is 35.0 Å². The van der Waals surface area contributed by atoms with Crippen LogP contribution in [-0.2, 0) is 0 Å². The van der Waals surface area contributed by atoms with E-state index in [0.717, 1.165) is 29.8 Å². The number of halogens is 9. The molecule has 3 aromatic rings. The summed E-state index contributed by atoms with van der Waals surface area (Å²) in [5, 5.41) is 0. The molecule has 0 aromatic heterocycles. The molecule has 2 saturated carbocycles. The van der Waals surface area contributed by atoms with Gasteiger partial charge >= 0.3 is 6.11 Å². The molecular formula is C35H33F9O. The molecule has 2 aliphatic rings. The van der Waals surface area contributed by atoms with Gasteiger partial charge in [-0.25, -0.2) is 30.7 Å². The van der Waals surface area contributed by atoms with E-state index in [9.17, 15) is 22.0 Å². The molecule has 2 fully saturated rings. The minimum absolute atomic E-state index is 0.0560. The molecule has 0 unspecified atom stereocenters. The second-order valence-corrected chi connectivity index (χ2v) is 12.1. The highest BCUT2D eigenvalue weighted by atomic mass is 19.3. The Labute approximate surface area is 256 Å². The zero-order valence-corrected chi connectivity index (χ0v) is 24.6. The van der Waals surface area contributed by atoms with Gasteiger partial charge in [-0.3, -0.25) is 0 Å². The molecule has 0 heterocycles. The van der Waals surface area contributed by atoms with Crippen molar-refractivity contribution in [3.05, 3.63) is 106 Å². The van der Waals surface area contributed by atoms with E-state index in [1.54, 1.807) is 12.1 Å². The van der Waals surface area contributed by atoms with Gasteiger partial charge in [0, 0.05) is 23.3 Å². The van der Waals surface area contributed by atoms with E-state index >= 15 is 17.6 Å². The first kappa shape index (κ1) is 32.9. The fourth-order valence-electron chi connectivity index (χ4n) is 6.75. The number of alkyl halides is 2. The topological polar surface area (TPSA) is 9.23 Å². The molecule has 0 atom stereocenters. The average Bonchev–Trinajstić information content (AvgIpc) is 3.02. The van der Waals surface area contributed by atoms with Crippen molar-refractivity contribution >= 4 is 5.83 Å². The van der Waals surface area contributed by atoms with E-state index in [1.807, 2.05) is 0 Å². The largest absolute Gasteiger partial charge is 0.432 e. The van der Waals surface area contributed by atoms with Crippen molar-refractivity contribution in [3.63, 3.8) is 0 Å². The van der Waals surface area contributed by atoms with Crippen LogP contribution in [0.15, 0.2) is 54.4 Å². The van der Waals surface area contributed by atoms with Crippen molar-refractivity contribution in [2.24, 2.45) is 5.92 Å². The van der Waals surface area contributed by atoms with E-state index < -0.39 is 64.4 Å². The van der Waals surface area contributed by atoms with Gasteiger partial charge in [0.1, 0.15) is 23.2 Å². The summed E-state index contributed by atoms with van der Waals surface area (Å²) < 4.78 is 134. The number of hydrogen-bond acceptors (Lipinski definition) is 1. The van der Waals surface area contributed by atoms with E-state index in [0.29, 0.717) is 25.7 Å². The molecule has 242 valence electrons. The van der Waals surface area contributed by atoms with Crippen LogP contribution < -0.4 is 4.74 Å². The van der Waals surface area contributed by atoms with Gasteiger partial charge in [0.2, 0.25) is 0 Å². The fourth-order valence-corrected chi connectivity index (χ4v) is 6.75. The van der Waals surface area contributed by atoms with Crippen LogP contribution in [0.2, 0.25) is 0 Å². The van der Waals surface area contributed by atoms with E-state index in [2.05, 4.69) is 0 Å². The summed E-state index contributed by atoms with van der Waals surface area (Å²) in [5.74, 6) is -10.7. The quantitative estimate of drug-likeness (QED) is 0.176. The Kier molecular flexibility index (Phi) is 9.89. The molecule has 3 aromatic carbocycles. The van der Waals surface area contributed by atoms with Crippen molar-refractivity contribution < 1.29 is 44.3 Å². The molecule has 0 spiro atoms. The smallest absolute Gasteiger partial charge is 0.400 e. The molecule has 45 heavy (non-hydrogen) atoms. The normalized spacial score (nSPS) is 23.1. The zero-order valence-electron chi connectivity index (χ0n) is 24.6. The van der Waals surface area contributed by atoms with E-state index in [1.165, 1.54) is 19.1 Å². The first-order chi connectivity index (χ1) is 21.4. The molecule has 0 saturated heterocycles. The summed E-state index contributed by atoms with van der Waals surface area (Å²) in [6, 6.07) is 9.64. The SMILES string of the molecule is CC/C(F)=C(\F)c1ccc(C2CCC(C(F)(F)Oc3cc(F)c(C4CCC(c5cc(F)c(F)c(F)c5)CC4)c(F)c3)CC2)cc1. The van der Waals surface area contributed by atoms with Gasteiger partial charge in [-0.05, 0) is 98.8 Å². The Morgan fingerprint density at radius 1 is 0.667 bits per heavy atom. The predicted molar refractivity (Wildman–Crippen MR) is 153 cm³/mol. The van der Waals surface area contributed by atoms with Crippen LogP contribution in [0.1, 0.15) is 105 Å². The first-order valence-electron chi connectivity index (χ1n) is 15.2. The fraction of sp³-hybridized carbons (Fsp3) is 0.429. The lowest BCUT2D eigenvalue weighted by Crippen LogP contribution is -2.37. The summed E-state index contributed by atoms with van der Waals surface area (Å²) in [4.78, 5) is 0. The lowest BCUT2D eigenvalue weighted by atomic mass is 9.76. The number of benzene rings is 3. The van der Waals surface area contributed by atoms with Crippen LogP contribution in [0.3, 0.4) is 0 Å². The van der Waals surface area contributed by atoms with Crippen molar-refractivity contribution in [3.8, 4) is 5.75 Å². The molecule has 0 N–H and O–H groups in total. The Morgan fingerprint density at radius 2 is 1.16 bits per heavy atom. The summed E-state index contributed by atoms with van der Waals surface area (Å²) in [6.07, 6.45) is -1.52. The number of allylic oxidation sites excluding steroid dienone is 1. The molecule has 1 nitrogen and oxygen atoms in total.